The summed E-state index contributed by atoms with van der Waals surface area (Å²) in [7, 11) is 1.73. The predicted molar refractivity (Wildman–Crippen MR) is 92.2 cm³/mol. The zero-order valence-electron chi connectivity index (χ0n) is 15.6. The number of carbonyl (C=O) groups excluding carboxylic acids is 1. The van der Waals surface area contributed by atoms with Crippen LogP contribution in [0.1, 0.15) is 55.4 Å². The molecule has 0 aromatic carbocycles. The topological polar surface area (TPSA) is 74.8 Å². The fraction of sp³-hybridized carbons (Fsp3) is 0.875. The monoisotopic (exact) mass is 314 g/mol. The number of alkyl carbamates (subject to hydrolysis) is 1. The van der Waals surface area contributed by atoms with E-state index in [-0.39, 0.29) is 17.5 Å². The molecule has 0 saturated heterocycles. The van der Waals surface area contributed by atoms with Crippen LogP contribution >= 0.6 is 0 Å². The van der Waals surface area contributed by atoms with Crippen LogP contribution in [0.2, 0.25) is 0 Å². The van der Waals surface area contributed by atoms with Crippen molar-refractivity contribution in [1.29, 1.82) is 0 Å². The SMILES string of the molecule is CN=C(NCC(NC(=O)OC(C)(C)C)C(C)C)NC(C)(C)C. The smallest absolute Gasteiger partial charge is 0.407 e. The van der Waals surface area contributed by atoms with Gasteiger partial charge in [-0.15, -0.1) is 0 Å². The highest BCUT2D eigenvalue weighted by Gasteiger charge is 2.22. The van der Waals surface area contributed by atoms with E-state index in [1.807, 2.05) is 20.8 Å². The minimum absolute atomic E-state index is 0.0478. The van der Waals surface area contributed by atoms with Crippen molar-refractivity contribution in [2.45, 2.75) is 72.6 Å². The van der Waals surface area contributed by atoms with Crippen molar-refractivity contribution in [3.63, 3.8) is 0 Å². The van der Waals surface area contributed by atoms with Crippen LogP contribution in [0.4, 0.5) is 4.79 Å². The standard InChI is InChI=1S/C16H34N4O2/c1-11(2)12(19-14(21)22-16(6,7)8)10-18-13(17-9)20-15(3,4)5/h11-12H,10H2,1-9H3,(H,19,21)(H2,17,18,20). The van der Waals surface area contributed by atoms with Crippen LogP contribution in [0.5, 0.6) is 0 Å². The molecule has 130 valence electrons. The predicted octanol–water partition coefficient (Wildman–Crippen LogP) is 2.50. The average molecular weight is 314 g/mol. The Morgan fingerprint density at radius 3 is 2.05 bits per heavy atom. The third-order valence-electron chi connectivity index (χ3n) is 2.71. The van der Waals surface area contributed by atoms with Crippen molar-refractivity contribution >= 4 is 12.1 Å². The average Bonchev–Trinajstić information content (AvgIpc) is 2.28. The fourth-order valence-corrected chi connectivity index (χ4v) is 1.65. The summed E-state index contributed by atoms with van der Waals surface area (Å²) in [5.74, 6) is 0.983. The van der Waals surface area contributed by atoms with Gasteiger partial charge in [-0.2, -0.15) is 0 Å². The summed E-state index contributed by atoms with van der Waals surface area (Å²) in [6, 6.07) is -0.0478. The maximum Gasteiger partial charge on any atom is 0.407 e. The summed E-state index contributed by atoms with van der Waals surface area (Å²) < 4.78 is 5.31. The van der Waals surface area contributed by atoms with Crippen molar-refractivity contribution in [1.82, 2.24) is 16.0 Å². The van der Waals surface area contributed by atoms with Crippen LogP contribution in [0.25, 0.3) is 0 Å². The lowest BCUT2D eigenvalue weighted by Crippen LogP contribution is -2.53. The first kappa shape index (κ1) is 20.5. The van der Waals surface area contributed by atoms with Crippen molar-refractivity contribution < 1.29 is 9.53 Å². The van der Waals surface area contributed by atoms with Crippen LogP contribution in [0.15, 0.2) is 4.99 Å². The maximum absolute atomic E-state index is 11.9. The number of aliphatic imine (C=N–C) groups is 1. The third-order valence-corrected chi connectivity index (χ3v) is 2.71. The number of carbonyl (C=O) groups is 1. The van der Waals surface area contributed by atoms with Crippen LogP contribution in [-0.4, -0.2) is 42.8 Å². The number of rotatable bonds is 4. The van der Waals surface area contributed by atoms with Gasteiger partial charge in [0.15, 0.2) is 5.96 Å². The molecule has 0 spiro atoms. The van der Waals surface area contributed by atoms with Gasteiger partial charge in [0.25, 0.3) is 0 Å². The molecule has 0 saturated carbocycles. The summed E-state index contributed by atoms with van der Waals surface area (Å²) in [4.78, 5) is 16.1. The molecule has 0 aromatic rings. The molecule has 3 N–H and O–H groups in total. The van der Waals surface area contributed by atoms with E-state index >= 15 is 0 Å². The second-order valence-electron chi connectivity index (χ2n) is 7.82. The quantitative estimate of drug-likeness (QED) is 0.550. The van der Waals surface area contributed by atoms with Crippen LogP contribution in [0.3, 0.4) is 0 Å². The Morgan fingerprint density at radius 2 is 1.68 bits per heavy atom. The highest BCUT2D eigenvalue weighted by Crippen LogP contribution is 2.08. The lowest BCUT2D eigenvalue weighted by Gasteiger charge is -2.28. The fourth-order valence-electron chi connectivity index (χ4n) is 1.65. The van der Waals surface area contributed by atoms with Gasteiger partial charge in [-0.05, 0) is 47.5 Å². The number of hydrogen-bond donors (Lipinski definition) is 3. The third kappa shape index (κ3) is 10.3. The van der Waals surface area contributed by atoms with Gasteiger partial charge in [0, 0.05) is 19.1 Å². The molecule has 1 amide bonds. The maximum atomic E-state index is 11.9. The largest absolute Gasteiger partial charge is 0.444 e. The summed E-state index contributed by atoms with van der Waals surface area (Å²) in [6.45, 7) is 16.5. The lowest BCUT2D eigenvalue weighted by atomic mass is 10.0. The number of nitrogens with zero attached hydrogens (tertiary/aromatic N) is 1. The number of hydrogen-bond acceptors (Lipinski definition) is 3. The van der Waals surface area contributed by atoms with Gasteiger partial charge in [-0.3, -0.25) is 4.99 Å². The molecule has 6 heteroatoms. The minimum Gasteiger partial charge on any atom is -0.444 e. The van der Waals surface area contributed by atoms with Crippen molar-refractivity contribution in [2.24, 2.45) is 10.9 Å². The summed E-state index contributed by atoms with van der Waals surface area (Å²) in [5, 5.41) is 9.44. The van der Waals surface area contributed by atoms with Crippen molar-refractivity contribution in [3.05, 3.63) is 0 Å². The molecule has 0 aliphatic heterocycles. The Balaban J connectivity index is 4.57. The zero-order chi connectivity index (χ0) is 17.6. The minimum atomic E-state index is -0.497. The first-order valence-electron chi connectivity index (χ1n) is 7.82. The number of amides is 1. The second-order valence-corrected chi connectivity index (χ2v) is 7.82. The molecule has 0 heterocycles. The Kier molecular flexibility index (Phi) is 7.70. The molecule has 6 nitrogen and oxygen atoms in total. The van der Waals surface area contributed by atoms with E-state index in [4.69, 9.17) is 4.74 Å². The molecule has 0 rings (SSSR count). The summed E-state index contributed by atoms with van der Waals surface area (Å²) in [6.07, 6.45) is -0.397. The van der Waals surface area contributed by atoms with E-state index in [9.17, 15) is 4.79 Å². The van der Waals surface area contributed by atoms with E-state index in [1.54, 1.807) is 7.05 Å². The van der Waals surface area contributed by atoms with Gasteiger partial charge in [0.05, 0.1) is 6.04 Å². The molecule has 22 heavy (non-hydrogen) atoms. The van der Waals surface area contributed by atoms with E-state index in [0.29, 0.717) is 12.5 Å². The first-order valence-corrected chi connectivity index (χ1v) is 7.82. The summed E-state index contributed by atoms with van der Waals surface area (Å²) >= 11 is 0. The van der Waals surface area contributed by atoms with E-state index in [2.05, 4.69) is 55.6 Å². The van der Waals surface area contributed by atoms with E-state index < -0.39 is 11.7 Å². The van der Waals surface area contributed by atoms with Crippen molar-refractivity contribution in [2.75, 3.05) is 13.6 Å². The van der Waals surface area contributed by atoms with Gasteiger partial charge in [-0.25, -0.2) is 4.79 Å². The first-order chi connectivity index (χ1) is 9.84. The van der Waals surface area contributed by atoms with E-state index in [0.717, 1.165) is 0 Å². The second kappa shape index (κ2) is 8.25. The van der Waals surface area contributed by atoms with Crippen LogP contribution in [-0.2, 0) is 4.74 Å². The van der Waals surface area contributed by atoms with Crippen LogP contribution < -0.4 is 16.0 Å². The molecule has 0 aliphatic carbocycles. The molecular formula is C16H34N4O2. The van der Waals surface area contributed by atoms with Gasteiger partial charge >= 0.3 is 6.09 Å². The number of ether oxygens (including phenoxy) is 1. The van der Waals surface area contributed by atoms with Gasteiger partial charge in [0.2, 0.25) is 0 Å². The Bertz CT molecular complexity index is 379. The molecule has 0 aliphatic rings. The molecular weight excluding hydrogens is 280 g/mol. The van der Waals surface area contributed by atoms with Crippen molar-refractivity contribution in [3.8, 4) is 0 Å². The molecule has 0 aromatic heterocycles. The molecule has 1 atom stereocenters. The van der Waals surface area contributed by atoms with E-state index in [1.165, 1.54) is 0 Å². The highest BCUT2D eigenvalue weighted by atomic mass is 16.6. The number of nitrogens with one attached hydrogen (secondary N) is 3. The Hall–Kier alpha value is -1.46. The van der Waals surface area contributed by atoms with Gasteiger partial charge < -0.3 is 20.7 Å². The van der Waals surface area contributed by atoms with Gasteiger partial charge in [0.1, 0.15) is 5.60 Å². The Labute approximate surface area is 135 Å². The van der Waals surface area contributed by atoms with Gasteiger partial charge in [-0.1, -0.05) is 13.8 Å². The summed E-state index contributed by atoms with van der Waals surface area (Å²) in [5.41, 5.74) is -0.573. The normalized spacial score (nSPS) is 14.5. The highest BCUT2D eigenvalue weighted by molar-refractivity contribution is 5.80. The molecule has 0 bridgehead atoms. The zero-order valence-corrected chi connectivity index (χ0v) is 15.6. The molecule has 1 unspecified atom stereocenters. The number of guanidine groups is 1. The van der Waals surface area contributed by atoms with Crippen LogP contribution in [0, 0.1) is 5.92 Å². The Morgan fingerprint density at radius 1 is 1.14 bits per heavy atom. The molecule has 0 radical (unpaired) electrons. The molecule has 0 fully saturated rings. The lowest BCUT2D eigenvalue weighted by molar-refractivity contribution is 0.0491.